The number of halogens is 1. The largest absolute Gasteiger partial charge is 0.750 e. The number of nitrogens with one attached hydrogen (secondary N) is 1. The molecule has 2 aromatic rings. The SMILES string of the molecule is C[C@@]1(F)[C@H](O)C(CO[P+](=O)Oc2ccccc2)O[C@H]1n1ccc(=O)[nH]c1=O. The number of H-pyrrole nitrogens is 1. The maximum Gasteiger partial charge on any atom is 0.750 e. The molecule has 1 aliphatic rings. The molecule has 1 saturated heterocycles. The Morgan fingerprint density at radius 3 is 2.70 bits per heavy atom. The number of aromatic nitrogens is 2. The van der Waals surface area contributed by atoms with Crippen molar-refractivity contribution in [3.63, 3.8) is 0 Å². The quantitative estimate of drug-likeness (QED) is 0.702. The first-order chi connectivity index (χ1) is 12.8. The topological polar surface area (TPSA) is 120 Å². The highest BCUT2D eigenvalue weighted by atomic mass is 31.1. The molecular formula is C16H17FN2O7P+. The van der Waals surface area contributed by atoms with Gasteiger partial charge in [-0.05, 0) is 19.1 Å². The van der Waals surface area contributed by atoms with Crippen LogP contribution in [0.1, 0.15) is 13.2 Å². The molecule has 0 aliphatic carbocycles. The number of aliphatic hydroxyl groups excluding tert-OH is 1. The van der Waals surface area contributed by atoms with Crippen molar-refractivity contribution in [3.05, 3.63) is 63.4 Å². The fourth-order valence-electron chi connectivity index (χ4n) is 2.69. The molecule has 0 amide bonds. The summed E-state index contributed by atoms with van der Waals surface area (Å²) >= 11 is 0. The molecule has 0 bridgehead atoms. The first-order valence-electron chi connectivity index (χ1n) is 7.96. The second kappa shape index (κ2) is 7.69. The van der Waals surface area contributed by atoms with Crippen LogP contribution in [0.5, 0.6) is 5.75 Å². The van der Waals surface area contributed by atoms with Crippen LogP contribution in [0.4, 0.5) is 4.39 Å². The van der Waals surface area contributed by atoms with E-state index < -0.39 is 50.2 Å². The Kier molecular flexibility index (Phi) is 5.52. The lowest BCUT2D eigenvalue weighted by Gasteiger charge is -2.24. The number of benzene rings is 1. The minimum atomic E-state index is -2.58. The second-order valence-corrected chi connectivity index (χ2v) is 6.95. The molecule has 3 rings (SSSR count). The summed E-state index contributed by atoms with van der Waals surface area (Å²) in [5.41, 5.74) is -3.89. The minimum absolute atomic E-state index is 0.319. The molecule has 0 radical (unpaired) electrons. The van der Waals surface area contributed by atoms with Gasteiger partial charge in [0.05, 0.1) is 0 Å². The van der Waals surface area contributed by atoms with Crippen LogP contribution in [-0.4, -0.2) is 39.1 Å². The first kappa shape index (κ1) is 19.4. The van der Waals surface area contributed by atoms with Gasteiger partial charge in [-0.2, -0.15) is 0 Å². The van der Waals surface area contributed by atoms with Crippen molar-refractivity contribution >= 4 is 8.25 Å². The summed E-state index contributed by atoms with van der Waals surface area (Å²) in [5.74, 6) is 0.319. The molecule has 2 unspecified atom stereocenters. The van der Waals surface area contributed by atoms with E-state index in [0.717, 1.165) is 23.8 Å². The molecule has 11 heteroatoms. The lowest BCUT2D eigenvalue weighted by atomic mass is 9.98. The van der Waals surface area contributed by atoms with Crippen LogP contribution in [0.15, 0.2) is 52.2 Å². The van der Waals surface area contributed by atoms with E-state index in [-0.39, 0.29) is 0 Å². The molecule has 9 nitrogen and oxygen atoms in total. The molecule has 144 valence electrons. The maximum atomic E-state index is 15.0. The zero-order valence-electron chi connectivity index (χ0n) is 14.1. The number of nitrogens with zero attached hydrogens (tertiary/aromatic N) is 1. The highest BCUT2D eigenvalue weighted by molar-refractivity contribution is 7.33. The van der Waals surface area contributed by atoms with Gasteiger partial charge in [-0.1, -0.05) is 18.2 Å². The van der Waals surface area contributed by atoms with Crippen molar-refractivity contribution in [3.8, 4) is 5.75 Å². The Morgan fingerprint density at radius 1 is 1.33 bits per heavy atom. The fourth-order valence-corrected chi connectivity index (χ4v) is 3.31. The van der Waals surface area contributed by atoms with Gasteiger partial charge in [0.1, 0.15) is 18.8 Å². The average Bonchev–Trinajstić information content (AvgIpc) is 2.84. The van der Waals surface area contributed by atoms with Gasteiger partial charge in [-0.3, -0.25) is 14.3 Å². The molecule has 0 saturated carbocycles. The third kappa shape index (κ3) is 4.14. The van der Waals surface area contributed by atoms with Gasteiger partial charge >= 0.3 is 13.9 Å². The number of aliphatic hydroxyl groups is 1. The smallest absolute Gasteiger partial charge is 0.387 e. The van der Waals surface area contributed by atoms with Crippen LogP contribution >= 0.6 is 8.25 Å². The van der Waals surface area contributed by atoms with Crippen LogP contribution in [0, 0.1) is 0 Å². The van der Waals surface area contributed by atoms with Crippen molar-refractivity contribution in [1.29, 1.82) is 0 Å². The first-order valence-corrected chi connectivity index (χ1v) is 9.05. The van der Waals surface area contributed by atoms with Crippen molar-refractivity contribution < 1.29 is 27.8 Å². The lowest BCUT2D eigenvalue weighted by molar-refractivity contribution is -0.0586. The van der Waals surface area contributed by atoms with E-state index >= 15 is 0 Å². The van der Waals surface area contributed by atoms with Crippen LogP contribution in [-0.2, 0) is 13.8 Å². The van der Waals surface area contributed by atoms with E-state index in [1.807, 2.05) is 4.98 Å². The predicted octanol–water partition coefficient (Wildman–Crippen LogP) is 1.28. The highest BCUT2D eigenvalue weighted by Crippen LogP contribution is 2.41. The Morgan fingerprint density at radius 2 is 2.04 bits per heavy atom. The van der Waals surface area contributed by atoms with E-state index in [9.17, 15) is 23.7 Å². The van der Waals surface area contributed by atoms with Gasteiger partial charge in [0.25, 0.3) is 5.56 Å². The van der Waals surface area contributed by atoms with E-state index in [2.05, 4.69) is 0 Å². The number of hydrogen-bond acceptors (Lipinski definition) is 7. The number of ether oxygens (including phenoxy) is 1. The summed E-state index contributed by atoms with van der Waals surface area (Å²) in [7, 11) is -2.58. The number of hydrogen-bond donors (Lipinski definition) is 2. The fraction of sp³-hybridized carbons (Fsp3) is 0.375. The highest BCUT2D eigenvalue weighted by Gasteiger charge is 2.56. The van der Waals surface area contributed by atoms with Gasteiger partial charge in [0.2, 0.25) is 0 Å². The minimum Gasteiger partial charge on any atom is -0.387 e. The summed E-state index contributed by atoms with van der Waals surface area (Å²) in [5, 5.41) is 10.2. The van der Waals surface area contributed by atoms with Gasteiger partial charge in [-0.15, -0.1) is 4.52 Å². The van der Waals surface area contributed by atoms with Gasteiger partial charge in [-0.25, -0.2) is 13.7 Å². The maximum absolute atomic E-state index is 15.0. The molecule has 2 N–H and O–H groups in total. The zero-order chi connectivity index (χ0) is 19.6. The normalized spacial score (nSPS) is 28.1. The number of alkyl halides is 1. The lowest BCUT2D eigenvalue weighted by Crippen LogP contribution is -2.43. The Balaban J connectivity index is 1.68. The number of aromatic amines is 1. The summed E-state index contributed by atoms with van der Waals surface area (Å²) in [4.78, 5) is 25.0. The summed E-state index contributed by atoms with van der Waals surface area (Å²) in [6.07, 6.45) is -3.31. The van der Waals surface area contributed by atoms with Crippen molar-refractivity contribution in [1.82, 2.24) is 9.55 Å². The zero-order valence-corrected chi connectivity index (χ0v) is 15.0. The molecule has 1 fully saturated rings. The van der Waals surface area contributed by atoms with E-state index in [1.165, 1.54) is 0 Å². The van der Waals surface area contributed by atoms with Crippen LogP contribution in [0.2, 0.25) is 0 Å². The molecule has 5 atom stereocenters. The molecule has 1 aliphatic heterocycles. The average molecular weight is 399 g/mol. The van der Waals surface area contributed by atoms with Crippen molar-refractivity contribution in [2.45, 2.75) is 31.0 Å². The van der Waals surface area contributed by atoms with Crippen molar-refractivity contribution in [2.75, 3.05) is 6.61 Å². The van der Waals surface area contributed by atoms with Crippen LogP contribution in [0.3, 0.4) is 0 Å². The molecule has 2 heterocycles. The summed E-state index contributed by atoms with van der Waals surface area (Å²) < 4.78 is 43.1. The molecule has 1 aromatic carbocycles. The summed E-state index contributed by atoms with van der Waals surface area (Å²) in [6, 6.07) is 9.31. The van der Waals surface area contributed by atoms with Gasteiger partial charge in [0, 0.05) is 16.8 Å². The van der Waals surface area contributed by atoms with Gasteiger partial charge < -0.3 is 9.84 Å². The molecule has 27 heavy (non-hydrogen) atoms. The summed E-state index contributed by atoms with van der Waals surface area (Å²) in [6.45, 7) is 0.623. The van der Waals surface area contributed by atoms with E-state index in [4.69, 9.17) is 13.8 Å². The van der Waals surface area contributed by atoms with E-state index in [1.54, 1.807) is 30.3 Å². The number of para-hydroxylation sites is 1. The Bertz CT molecular complexity index is 930. The van der Waals surface area contributed by atoms with Gasteiger partial charge in [0.15, 0.2) is 17.6 Å². The number of rotatable bonds is 6. The standard InChI is InChI=1S/C16H16FN2O7P/c1-16(17)13(21)11(9-24-27(23)26-10-5-3-2-4-6-10)25-14(16)19-8-7-12(20)18-15(19)22/h2-8,11,13-14,21H,9H2,1H3/p+1/t11?,13-,14-,16-/m1/s1. The Hall–Kier alpha value is -2.39. The molecule has 1 aromatic heterocycles. The Labute approximate surface area is 153 Å². The predicted molar refractivity (Wildman–Crippen MR) is 91.4 cm³/mol. The van der Waals surface area contributed by atoms with Crippen LogP contribution < -0.4 is 15.8 Å². The second-order valence-electron chi connectivity index (χ2n) is 6.06. The monoisotopic (exact) mass is 399 g/mol. The third-order valence-corrected chi connectivity index (χ3v) is 4.81. The molecule has 0 spiro atoms. The van der Waals surface area contributed by atoms with Crippen LogP contribution in [0.25, 0.3) is 0 Å². The molecular weight excluding hydrogens is 382 g/mol. The van der Waals surface area contributed by atoms with Crippen molar-refractivity contribution in [2.24, 2.45) is 0 Å². The van der Waals surface area contributed by atoms with E-state index in [0.29, 0.717) is 5.75 Å². The third-order valence-electron chi connectivity index (χ3n) is 4.09.